The van der Waals surface area contributed by atoms with Gasteiger partial charge in [0.05, 0.1) is 12.1 Å². The van der Waals surface area contributed by atoms with E-state index < -0.39 is 5.67 Å². The Morgan fingerprint density at radius 2 is 1.93 bits per heavy atom. The number of ether oxygens (including phenoxy) is 1. The first-order valence-electron chi connectivity index (χ1n) is 10.4. The van der Waals surface area contributed by atoms with Crippen LogP contribution in [0.25, 0.3) is 0 Å². The average molecular weight is 393 g/mol. The number of amides is 2. The molecule has 2 saturated heterocycles. The van der Waals surface area contributed by atoms with Crippen molar-refractivity contribution in [2.75, 3.05) is 19.7 Å². The molecule has 1 aromatic heterocycles. The normalized spacial score (nSPS) is 28.2. The van der Waals surface area contributed by atoms with Crippen molar-refractivity contribution in [3.8, 4) is 0 Å². The van der Waals surface area contributed by atoms with Crippen LogP contribution in [-0.2, 0) is 9.53 Å². The van der Waals surface area contributed by atoms with Gasteiger partial charge in [-0.15, -0.1) is 0 Å². The molecule has 3 fully saturated rings. The van der Waals surface area contributed by atoms with Crippen LogP contribution in [0.5, 0.6) is 0 Å². The van der Waals surface area contributed by atoms with Crippen LogP contribution in [0.15, 0.2) is 17.1 Å². The third kappa shape index (κ3) is 3.92. The summed E-state index contributed by atoms with van der Waals surface area (Å²) in [6, 6.07) is -0.0902. The molecule has 1 aromatic rings. The summed E-state index contributed by atoms with van der Waals surface area (Å²) in [6.45, 7) is 1.78. The molecule has 8 heteroatoms. The van der Waals surface area contributed by atoms with Crippen molar-refractivity contribution in [1.29, 1.82) is 0 Å². The molecule has 1 saturated carbocycles. The zero-order valence-corrected chi connectivity index (χ0v) is 16.1. The van der Waals surface area contributed by atoms with Gasteiger partial charge in [-0.3, -0.25) is 9.59 Å². The van der Waals surface area contributed by atoms with Gasteiger partial charge in [-0.1, -0.05) is 0 Å². The molecule has 2 aliphatic heterocycles. The predicted molar refractivity (Wildman–Crippen MR) is 98.3 cm³/mol. The minimum Gasteiger partial charge on any atom is -0.451 e. The predicted octanol–water partition coefficient (Wildman–Crippen LogP) is 2.47. The number of alkyl halides is 1. The number of piperidine rings is 1. The standard InChI is InChI=1S/C20H28FN3O4/c21-20(7-1-2-8-20)19(26)24-9-5-14(6-10-24)17-15(4-3-11-28-17)23-18(25)16-12-27-13-22-16/h12-15,17H,1-11H2,(H,23,25). The molecule has 3 heterocycles. The van der Waals surface area contributed by atoms with Gasteiger partial charge in [0.2, 0.25) is 0 Å². The van der Waals surface area contributed by atoms with Gasteiger partial charge < -0.3 is 19.4 Å². The van der Waals surface area contributed by atoms with Gasteiger partial charge in [-0.2, -0.15) is 0 Å². The summed E-state index contributed by atoms with van der Waals surface area (Å²) >= 11 is 0. The Labute approximate surface area is 164 Å². The number of halogens is 1. The third-order valence-electron chi connectivity index (χ3n) is 6.42. The molecule has 2 atom stereocenters. The van der Waals surface area contributed by atoms with E-state index in [4.69, 9.17) is 9.15 Å². The molecule has 2 amide bonds. The van der Waals surface area contributed by atoms with Crippen LogP contribution in [0.2, 0.25) is 0 Å². The summed E-state index contributed by atoms with van der Waals surface area (Å²) in [6.07, 6.45) is 8.04. The summed E-state index contributed by atoms with van der Waals surface area (Å²) in [7, 11) is 0. The Kier molecular flexibility index (Phi) is 5.66. The van der Waals surface area contributed by atoms with Crippen molar-refractivity contribution in [2.24, 2.45) is 5.92 Å². The monoisotopic (exact) mass is 393 g/mol. The van der Waals surface area contributed by atoms with Crippen LogP contribution >= 0.6 is 0 Å². The summed E-state index contributed by atoms with van der Waals surface area (Å²) < 4.78 is 25.7. The number of carbonyl (C=O) groups is 2. The second kappa shape index (κ2) is 8.19. The number of nitrogens with zero attached hydrogens (tertiary/aromatic N) is 2. The number of oxazole rings is 1. The minimum atomic E-state index is -1.65. The maximum Gasteiger partial charge on any atom is 0.273 e. The molecule has 0 bridgehead atoms. The lowest BCUT2D eigenvalue weighted by atomic mass is 9.84. The number of carbonyl (C=O) groups excluding carboxylic acids is 2. The molecule has 2 unspecified atom stereocenters. The minimum absolute atomic E-state index is 0.0901. The van der Waals surface area contributed by atoms with E-state index in [1.54, 1.807) is 4.90 Å². The average Bonchev–Trinajstić information content (AvgIpc) is 3.41. The third-order valence-corrected chi connectivity index (χ3v) is 6.42. The molecular formula is C20H28FN3O4. The topological polar surface area (TPSA) is 84.7 Å². The maximum absolute atomic E-state index is 14.8. The smallest absolute Gasteiger partial charge is 0.273 e. The lowest BCUT2D eigenvalue weighted by Gasteiger charge is -2.42. The molecule has 4 rings (SSSR count). The first-order valence-corrected chi connectivity index (χ1v) is 10.4. The van der Waals surface area contributed by atoms with E-state index in [1.807, 2.05) is 0 Å². The van der Waals surface area contributed by atoms with Crippen molar-refractivity contribution in [3.63, 3.8) is 0 Å². The first-order chi connectivity index (χ1) is 13.6. The van der Waals surface area contributed by atoms with E-state index in [0.29, 0.717) is 32.5 Å². The van der Waals surface area contributed by atoms with E-state index in [9.17, 15) is 14.0 Å². The Morgan fingerprint density at radius 3 is 2.61 bits per heavy atom. The van der Waals surface area contributed by atoms with Gasteiger partial charge in [0.15, 0.2) is 17.8 Å². The van der Waals surface area contributed by atoms with E-state index in [0.717, 1.165) is 38.5 Å². The number of hydrogen-bond acceptors (Lipinski definition) is 5. The fourth-order valence-electron chi connectivity index (χ4n) is 4.85. The van der Waals surface area contributed by atoms with Crippen LogP contribution in [0, 0.1) is 5.92 Å². The second-order valence-electron chi connectivity index (χ2n) is 8.23. The zero-order valence-electron chi connectivity index (χ0n) is 16.1. The van der Waals surface area contributed by atoms with Crippen molar-refractivity contribution in [2.45, 2.75) is 69.2 Å². The van der Waals surface area contributed by atoms with Crippen LogP contribution in [0.1, 0.15) is 61.9 Å². The van der Waals surface area contributed by atoms with Gasteiger partial charge in [-0.25, -0.2) is 9.37 Å². The molecular weight excluding hydrogens is 365 g/mol. The van der Waals surface area contributed by atoms with Crippen molar-refractivity contribution < 1.29 is 23.1 Å². The van der Waals surface area contributed by atoms with Gasteiger partial charge in [-0.05, 0) is 57.3 Å². The zero-order chi connectivity index (χ0) is 19.6. The van der Waals surface area contributed by atoms with Crippen LogP contribution < -0.4 is 5.32 Å². The highest BCUT2D eigenvalue weighted by Crippen LogP contribution is 2.37. The highest BCUT2D eigenvalue weighted by atomic mass is 19.1. The highest BCUT2D eigenvalue weighted by Gasteiger charge is 2.45. The summed E-state index contributed by atoms with van der Waals surface area (Å²) in [5, 5.41) is 3.03. The highest BCUT2D eigenvalue weighted by molar-refractivity contribution is 5.92. The number of likely N-dealkylation sites (tertiary alicyclic amines) is 1. The lowest BCUT2D eigenvalue weighted by molar-refractivity contribution is -0.146. The molecule has 7 nitrogen and oxygen atoms in total. The SMILES string of the molecule is O=C(NC1CCCOC1C1CCN(C(=O)C2(F)CCCC2)CC1)c1cocn1. The van der Waals surface area contributed by atoms with E-state index >= 15 is 0 Å². The van der Waals surface area contributed by atoms with Crippen molar-refractivity contribution >= 4 is 11.8 Å². The summed E-state index contributed by atoms with van der Waals surface area (Å²) in [5.41, 5.74) is -1.39. The molecule has 28 heavy (non-hydrogen) atoms. The number of rotatable bonds is 4. The van der Waals surface area contributed by atoms with Crippen LogP contribution in [0.3, 0.4) is 0 Å². The quantitative estimate of drug-likeness (QED) is 0.850. The molecule has 1 aliphatic carbocycles. The molecule has 0 aromatic carbocycles. The first kappa shape index (κ1) is 19.4. The van der Waals surface area contributed by atoms with E-state index in [2.05, 4.69) is 10.3 Å². The van der Waals surface area contributed by atoms with E-state index in [1.165, 1.54) is 12.7 Å². The van der Waals surface area contributed by atoms with Gasteiger partial charge in [0.1, 0.15) is 6.26 Å². The lowest BCUT2D eigenvalue weighted by Crippen LogP contribution is -2.54. The maximum atomic E-state index is 14.8. The number of aromatic nitrogens is 1. The second-order valence-corrected chi connectivity index (χ2v) is 8.23. The number of hydrogen-bond donors (Lipinski definition) is 1. The van der Waals surface area contributed by atoms with Gasteiger partial charge in [0.25, 0.3) is 11.8 Å². The molecule has 1 N–H and O–H groups in total. The van der Waals surface area contributed by atoms with Gasteiger partial charge >= 0.3 is 0 Å². The number of nitrogens with one attached hydrogen (secondary N) is 1. The Morgan fingerprint density at radius 1 is 1.18 bits per heavy atom. The van der Waals surface area contributed by atoms with E-state index in [-0.39, 0.29) is 35.6 Å². The fraction of sp³-hybridized carbons (Fsp3) is 0.750. The summed E-state index contributed by atoms with van der Waals surface area (Å²) in [4.78, 5) is 30.5. The van der Waals surface area contributed by atoms with Crippen molar-refractivity contribution in [1.82, 2.24) is 15.2 Å². The largest absolute Gasteiger partial charge is 0.451 e. The van der Waals surface area contributed by atoms with Crippen LogP contribution in [0.4, 0.5) is 4.39 Å². The van der Waals surface area contributed by atoms with Crippen LogP contribution in [-0.4, -0.2) is 59.2 Å². The Hall–Kier alpha value is -1.96. The molecule has 0 radical (unpaired) electrons. The van der Waals surface area contributed by atoms with Gasteiger partial charge in [0, 0.05) is 19.7 Å². The Balaban J connectivity index is 1.34. The Bertz CT molecular complexity index is 682. The van der Waals surface area contributed by atoms with Crippen molar-refractivity contribution in [3.05, 3.63) is 18.4 Å². The summed E-state index contributed by atoms with van der Waals surface area (Å²) in [5.74, 6) is -0.350. The molecule has 154 valence electrons. The fourth-order valence-corrected chi connectivity index (χ4v) is 4.85. The molecule has 0 spiro atoms. The molecule has 3 aliphatic rings.